The van der Waals surface area contributed by atoms with Crippen LogP contribution in [0.5, 0.6) is 0 Å². The first kappa shape index (κ1) is 26.2. The summed E-state index contributed by atoms with van der Waals surface area (Å²) in [6.45, 7) is 0. The van der Waals surface area contributed by atoms with Crippen molar-refractivity contribution in [3.8, 4) is 44.8 Å². The first-order chi connectivity index (χ1) is 22.8. The Balaban J connectivity index is 1.28. The van der Waals surface area contributed by atoms with E-state index >= 15 is 0 Å². The van der Waals surface area contributed by atoms with E-state index in [2.05, 4.69) is 132 Å². The van der Waals surface area contributed by atoms with Crippen LogP contribution in [0.2, 0.25) is 0 Å². The zero-order valence-electron chi connectivity index (χ0n) is 24.8. The molecule has 4 nitrogen and oxygen atoms in total. The Bertz CT molecular complexity index is 2580. The molecule has 0 bridgehead atoms. The van der Waals surface area contributed by atoms with Crippen molar-refractivity contribution in [1.82, 2.24) is 19.9 Å². The van der Waals surface area contributed by atoms with Gasteiger partial charge in [-0.15, -0.1) is 0 Å². The molecule has 0 saturated carbocycles. The van der Waals surface area contributed by atoms with Gasteiger partial charge >= 0.3 is 0 Å². The third-order valence-corrected chi connectivity index (χ3v) is 8.84. The largest absolute Gasteiger partial charge is 0.244 e. The van der Waals surface area contributed by atoms with E-state index in [9.17, 15) is 0 Å². The summed E-state index contributed by atoms with van der Waals surface area (Å²) in [5, 5.41) is 6.59. The fraction of sp³-hybridized carbons (Fsp3) is 0. The van der Waals surface area contributed by atoms with Crippen molar-refractivity contribution >= 4 is 43.4 Å². The van der Waals surface area contributed by atoms with E-state index in [1.54, 1.807) is 6.33 Å². The van der Waals surface area contributed by atoms with Crippen LogP contribution in [-0.4, -0.2) is 19.9 Å². The van der Waals surface area contributed by atoms with Crippen LogP contribution >= 0.6 is 0 Å². The van der Waals surface area contributed by atoms with E-state index in [0.29, 0.717) is 5.82 Å². The van der Waals surface area contributed by atoms with E-state index in [-0.39, 0.29) is 0 Å². The van der Waals surface area contributed by atoms with Crippen LogP contribution in [0.3, 0.4) is 0 Å². The summed E-state index contributed by atoms with van der Waals surface area (Å²) in [5.74, 6) is 0.684. The maximum absolute atomic E-state index is 5.36. The van der Waals surface area contributed by atoms with E-state index in [0.717, 1.165) is 60.4 Å². The van der Waals surface area contributed by atoms with Crippen LogP contribution < -0.4 is 0 Å². The highest BCUT2D eigenvalue weighted by molar-refractivity contribution is 6.19. The third kappa shape index (κ3) is 4.31. The van der Waals surface area contributed by atoms with Gasteiger partial charge in [0, 0.05) is 39.9 Å². The summed E-state index contributed by atoms with van der Waals surface area (Å²) in [5.41, 5.74) is 9.37. The molecule has 0 N–H and O–H groups in total. The minimum atomic E-state index is 0.684. The quantitative estimate of drug-likeness (QED) is 0.193. The van der Waals surface area contributed by atoms with Crippen molar-refractivity contribution in [1.29, 1.82) is 0 Å². The molecule has 7 aromatic carbocycles. The first-order valence-corrected chi connectivity index (χ1v) is 15.4. The average molecular weight is 587 g/mol. The Morgan fingerprint density at radius 3 is 1.80 bits per heavy atom. The van der Waals surface area contributed by atoms with E-state index in [4.69, 9.17) is 15.0 Å². The van der Waals surface area contributed by atoms with Crippen LogP contribution in [0, 0.1) is 0 Å². The van der Waals surface area contributed by atoms with Gasteiger partial charge in [-0.25, -0.2) is 19.9 Å². The Kier molecular flexibility index (Phi) is 6.10. The molecule has 0 atom stereocenters. The monoisotopic (exact) mass is 586 g/mol. The molecule has 0 unspecified atom stereocenters. The van der Waals surface area contributed by atoms with Gasteiger partial charge in [-0.3, -0.25) is 0 Å². The number of nitrogens with zero attached hydrogens (tertiary/aromatic N) is 4. The summed E-state index contributed by atoms with van der Waals surface area (Å²) in [6, 6.07) is 49.1. The Labute approximate surface area is 265 Å². The van der Waals surface area contributed by atoms with Crippen LogP contribution in [0.15, 0.2) is 158 Å². The topological polar surface area (TPSA) is 51.6 Å². The van der Waals surface area contributed by atoms with Gasteiger partial charge in [-0.05, 0) is 55.9 Å². The van der Waals surface area contributed by atoms with Gasteiger partial charge in [0.25, 0.3) is 0 Å². The number of fused-ring (bicyclic) bond motifs is 5. The molecule has 46 heavy (non-hydrogen) atoms. The minimum absolute atomic E-state index is 0.684. The maximum Gasteiger partial charge on any atom is 0.160 e. The lowest BCUT2D eigenvalue weighted by atomic mass is 9.89. The zero-order chi connectivity index (χ0) is 30.5. The molecule has 9 rings (SSSR count). The second kappa shape index (κ2) is 10.7. The van der Waals surface area contributed by atoms with Crippen molar-refractivity contribution in [3.05, 3.63) is 158 Å². The van der Waals surface area contributed by atoms with Crippen LogP contribution in [0.1, 0.15) is 0 Å². The first-order valence-electron chi connectivity index (χ1n) is 15.4. The van der Waals surface area contributed by atoms with Gasteiger partial charge in [-0.2, -0.15) is 0 Å². The lowest BCUT2D eigenvalue weighted by Crippen LogP contribution is -1.98. The lowest BCUT2D eigenvalue weighted by molar-refractivity contribution is 1.21. The van der Waals surface area contributed by atoms with Gasteiger partial charge in [0.05, 0.1) is 11.0 Å². The standard InChI is InChI=1S/C42H26N4/c1-3-11-28(12-4-1)38-39(29-13-5-2-6-14-29)41-37(36-24-43-26-45-40(36)38)25-44-42(46-41)35-17-9-16-33-23-32(20-21-34(33)35)31-19-18-27-10-7-8-15-30(27)22-31/h1-26H. The van der Waals surface area contributed by atoms with Crippen molar-refractivity contribution in [2.75, 3.05) is 0 Å². The molecule has 0 fully saturated rings. The summed E-state index contributed by atoms with van der Waals surface area (Å²) in [7, 11) is 0. The van der Waals surface area contributed by atoms with Gasteiger partial charge in [0.2, 0.25) is 0 Å². The van der Waals surface area contributed by atoms with E-state index in [1.165, 1.54) is 21.9 Å². The molecule has 0 aliphatic heterocycles. The molecular weight excluding hydrogens is 560 g/mol. The Morgan fingerprint density at radius 1 is 0.391 bits per heavy atom. The lowest BCUT2D eigenvalue weighted by Gasteiger charge is -2.17. The van der Waals surface area contributed by atoms with Gasteiger partial charge < -0.3 is 0 Å². The summed E-state index contributed by atoms with van der Waals surface area (Å²) >= 11 is 0. The van der Waals surface area contributed by atoms with E-state index < -0.39 is 0 Å². The van der Waals surface area contributed by atoms with Crippen molar-refractivity contribution in [3.63, 3.8) is 0 Å². The smallest absolute Gasteiger partial charge is 0.160 e. The molecule has 0 saturated heterocycles. The molecule has 2 heterocycles. The fourth-order valence-corrected chi connectivity index (χ4v) is 6.66. The highest BCUT2D eigenvalue weighted by Crippen LogP contribution is 2.43. The Hall–Kier alpha value is -6.26. The molecular formula is C42H26N4. The van der Waals surface area contributed by atoms with E-state index in [1.807, 2.05) is 24.5 Å². The number of hydrogen-bond acceptors (Lipinski definition) is 4. The maximum atomic E-state index is 5.36. The molecule has 0 radical (unpaired) electrons. The van der Waals surface area contributed by atoms with Crippen LogP contribution in [0.25, 0.3) is 88.1 Å². The fourth-order valence-electron chi connectivity index (χ4n) is 6.66. The molecule has 9 aromatic rings. The highest BCUT2D eigenvalue weighted by Gasteiger charge is 2.21. The molecule has 2 aromatic heterocycles. The second-order valence-electron chi connectivity index (χ2n) is 11.5. The summed E-state index contributed by atoms with van der Waals surface area (Å²) in [4.78, 5) is 19.5. The van der Waals surface area contributed by atoms with Gasteiger partial charge in [0.1, 0.15) is 6.33 Å². The minimum Gasteiger partial charge on any atom is -0.244 e. The van der Waals surface area contributed by atoms with Crippen molar-refractivity contribution in [2.45, 2.75) is 0 Å². The predicted octanol–water partition coefficient (Wildman–Crippen LogP) is 10.5. The number of benzene rings is 7. The third-order valence-electron chi connectivity index (χ3n) is 8.84. The number of hydrogen-bond donors (Lipinski definition) is 0. The van der Waals surface area contributed by atoms with Gasteiger partial charge in [0.15, 0.2) is 5.82 Å². The number of aromatic nitrogens is 4. The summed E-state index contributed by atoms with van der Waals surface area (Å²) < 4.78 is 0. The molecule has 0 aliphatic carbocycles. The highest BCUT2D eigenvalue weighted by atomic mass is 14.9. The average Bonchev–Trinajstić information content (AvgIpc) is 3.14. The predicted molar refractivity (Wildman–Crippen MR) is 189 cm³/mol. The van der Waals surface area contributed by atoms with Crippen molar-refractivity contribution < 1.29 is 0 Å². The molecule has 0 aliphatic rings. The van der Waals surface area contributed by atoms with Crippen molar-refractivity contribution in [2.24, 2.45) is 0 Å². The van der Waals surface area contributed by atoms with Gasteiger partial charge in [-0.1, -0.05) is 127 Å². The molecule has 4 heteroatoms. The zero-order valence-corrected chi connectivity index (χ0v) is 24.8. The van der Waals surface area contributed by atoms with Crippen LogP contribution in [0.4, 0.5) is 0 Å². The number of rotatable bonds is 4. The molecule has 214 valence electrons. The SMILES string of the molecule is c1ccc(-c2c(-c3ccccc3)c3nc(-c4cccc5cc(-c6ccc7ccccc7c6)ccc45)ncc3c3cncnc23)cc1. The summed E-state index contributed by atoms with van der Waals surface area (Å²) in [6.07, 6.45) is 5.43. The molecule has 0 spiro atoms. The normalized spacial score (nSPS) is 11.5. The van der Waals surface area contributed by atoms with Crippen LogP contribution in [-0.2, 0) is 0 Å². The molecule has 0 amide bonds. The second-order valence-corrected chi connectivity index (χ2v) is 11.5. The Morgan fingerprint density at radius 2 is 1.02 bits per heavy atom.